The van der Waals surface area contributed by atoms with Gasteiger partial charge in [-0.25, -0.2) is 0 Å². The van der Waals surface area contributed by atoms with Crippen LogP contribution in [0.1, 0.15) is 16.7 Å². The second kappa shape index (κ2) is 9.25. The van der Waals surface area contributed by atoms with Crippen molar-refractivity contribution in [2.45, 2.75) is 25.1 Å². The van der Waals surface area contributed by atoms with Crippen molar-refractivity contribution in [1.29, 1.82) is 0 Å². The summed E-state index contributed by atoms with van der Waals surface area (Å²) in [6.07, 6.45) is -5.17. The second-order valence-corrected chi connectivity index (χ2v) is 6.35. The van der Waals surface area contributed by atoms with Crippen LogP contribution in [0, 0.1) is 10.1 Å². The number of amides is 2. The van der Waals surface area contributed by atoms with Gasteiger partial charge in [-0.05, 0) is 17.7 Å². The van der Waals surface area contributed by atoms with Gasteiger partial charge < -0.3 is 15.8 Å². The molecule has 3 N–H and O–H groups in total. The molecule has 0 unspecified atom stereocenters. The lowest BCUT2D eigenvalue weighted by molar-refractivity contribution is -0.384. The van der Waals surface area contributed by atoms with E-state index >= 15 is 0 Å². The molecular weight excluding hydrogens is 407 g/mol. The number of nitro groups is 1. The van der Waals surface area contributed by atoms with Crippen LogP contribution in [0.15, 0.2) is 42.5 Å². The fourth-order valence-corrected chi connectivity index (χ4v) is 2.77. The largest absolute Gasteiger partial charge is 0.496 e. The molecule has 0 saturated carbocycles. The lowest BCUT2D eigenvalue weighted by Gasteiger charge is -2.17. The number of primary amides is 1. The molecule has 0 fully saturated rings. The fourth-order valence-electron chi connectivity index (χ4n) is 2.77. The van der Waals surface area contributed by atoms with Crippen LogP contribution in [0.2, 0.25) is 0 Å². The number of nitrogens with two attached hydrogens (primary N) is 1. The minimum atomic E-state index is -4.55. The summed E-state index contributed by atoms with van der Waals surface area (Å²) in [6.45, 7) is 0. The smallest absolute Gasteiger partial charge is 0.416 e. The van der Waals surface area contributed by atoms with Gasteiger partial charge in [-0.15, -0.1) is 0 Å². The van der Waals surface area contributed by atoms with E-state index in [1.165, 1.54) is 37.4 Å². The summed E-state index contributed by atoms with van der Waals surface area (Å²) in [5.41, 5.74) is 4.53. The summed E-state index contributed by atoms with van der Waals surface area (Å²) in [4.78, 5) is 34.4. The van der Waals surface area contributed by atoms with Gasteiger partial charge in [-0.2, -0.15) is 13.2 Å². The molecule has 0 aliphatic heterocycles. The van der Waals surface area contributed by atoms with Crippen molar-refractivity contribution in [3.8, 4) is 5.75 Å². The number of carbonyl (C=O) groups excluding carboxylic acids is 2. The van der Waals surface area contributed by atoms with Crippen molar-refractivity contribution >= 4 is 17.5 Å². The van der Waals surface area contributed by atoms with Crippen molar-refractivity contribution in [3.63, 3.8) is 0 Å². The highest BCUT2D eigenvalue weighted by Gasteiger charge is 2.30. The maximum absolute atomic E-state index is 12.8. The number of nitrogens with one attached hydrogen (secondary N) is 1. The molecule has 30 heavy (non-hydrogen) atoms. The van der Waals surface area contributed by atoms with Gasteiger partial charge in [-0.1, -0.05) is 18.2 Å². The number of benzene rings is 2. The van der Waals surface area contributed by atoms with Gasteiger partial charge in [0.1, 0.15) is 11.8 Å². The second-order valence-electron chi connectivity index (χ2n) is 6.35. The standard InChI is InChI=1S/C19H18F3N3O5/c1-30-16-6-5-14(25(28)29)9-12(16)10-15(18(23)27)24-17(26)8-11-3-2-4-13(7-11)19(20,21)22/h2-7,9,15H,8,10H2,1H3,(H2,23,27)(H,24,26)/t15-/m1/s1. The Hall–Kier alpha value is -3.63. The zero-order valence-corrected chi connectivity index (χ0v) is 15.7. The molecule has 0 spiro atoms. The molecule has 1 atom stereocenters. The first kappa shape index (κ1) is 22.7. The van der Waals surface area contributed by atoms with Crippen LogP contribution >= 0.6 is 0 Å². The third kappa shape index (κ3) is 5.93. The first-order valence-electron chi connectivity index (χ1n) is 8.57. The van der Waals surface area contributed by atoms with E-state index in [0.29, 0.717) is 0 Å². The Labute approximate surface area is 169 Å². The Bertz CT molecular complexity index is 963. The normalized spacial score (nSPS) is 12.1. The molecule has 0 radical (unpaired) electrons. The van der Waals surface area contributed by atoms with Crippen molar-refractivity contribution in [2.24, 2.45) is 5.73 Å². The molecule has 160 valence electrons. The molecule has 8 nitrogen and oxygen atoms in total. The number of methoxy groups -OCH3 is 1. The maximum atomic E-state index is 12.8. The minimum Gasteiger partial charge on any atom is -0.496 e. The highest BCUT2D eigenvalue weighted by atomic mass is 19.4. The lowest BCUT2D eigenvalue weighted by atomic mass is 10.0. The number of non-ortho nitro benzene ring substituents is 1. The van der Waals surface area contributed by atoms with E-state index in [0.717, 1.165) is 12.1 Å². The average molecular weight is 425 g/mol. The number of hydrogen-bond acceptors (Lipinski definition) is 5. The van der Waals surface area contributed by atoms with E-state index in [4.69, 9.17) is 10.5 Å². The van der Waals surface area contributed by atoms with Crippen LogP contribution < -0.4 is 15.8 Å². The Morgan fingerprint density at radius 2 is 1.93 bits per heavy atom. The zero-order chi connectivity index (χ0) is 22.5. The van der Waals surface area contributed by atoms with Gasteiger partial charge in [0.15, 0.2) is 0 Å². The summed E-state index contributed by atoms with van der Waals surface area (Å²) < 4.78 is 43.5. The summed E-state index contributed by atoms with van der Waals surface area (Å²) in [7, 11) is 1.33. The molecule has 0 saturated heterocycles. The predicted octanol–water partition coefficient (Wildman–Crippen LogP) is 2.38. The number of halogens is 3. The Morgan fingerprint density at radius 1 is 1.23 bits per heavy atom. The van der Waals surface area contributed by atoms with Gasteiger partial charge in [0.2, 0.25) is 11.8 Å². The van der Waals surface area contributed by atoms with Crippen LogP contribution in [0.5, 0.6) is 5.75 Å². The quantitative estimate of drug-likeness (QED) is 0.496. The zero-order valence-electron chi connectivity index (χ0n) is 15.7. The molecule has 2 rings (SSSR count). The molecule has 0 aliphatic rings. The first-order chi connectivity index (χ1) is 14.0. The topological polar surface area (TPSA) is 125 Å². The number of nitrogens with zero attached hydrogens (tertiary/aromatic N) is 1. The third-order valence-electron chi connectivity index (χ3n) is 4.20. The van der Waals surface area contributed by atoms with Gasteiger partial charge in [0, 0.05) is 24.1 Å². The number of carbonyl (C=O) groups is 2. The SMILES string of the molecule is COc1ccc([N+](=O)[O-])cc1C[C@@H](NC(=O)Cc1cccc(C(F)(F)F)c1)C(N)=O. The van der Waals surface area contributed by atoms with Gasteiger partial charge in [0.25, 0.3) is 5.69 Å². The summed E-state index contributed by atoms with van der Waals surface area (Å²) >= 11 is 0. The van der Waals surface area contributed by atoms with Crippen molar-refractivity contribution in [1.82, 2.24) is 5.32 Å². The van der Waals surface area contributed by atoms with E-state index in [1.54, 1.807) is 0 Å². The number of nitro benzene ring substituents is 1. The Morgan fingerprint density at radius 3 is 2.50 bits per heavy atom. The molecule has 2 aromatic carbocycles. The fraction of sp³-hybridized carbons (Fsp3) is 0.263. The number of rotatable bonds is 8. The average Bonchev–Trinajstić information content (AvgIpc) is 2.66. The van der Waals surface area contributed by atoms with E-state index in [2.05, 4.69) is 5.32 Å². The van der Waals surface area contributed by atoms with Crippen molar-refractivity contribution in [3.05, 3.63) is 69.3 Å². The summed E-state index contributed by atoms with van der Waals surface area (Å²) in [5.74, 6) is -1.40. The Kier molecular flexibility index (Phi) is 6.98. The third-order valence-corrected chi connectivity index (χ3v) is 4.20. The number of alkyl halides is 3. The number of hydrogen-bond donors (Lipinski definition) is 2. The number of ether oxygens (including phenoxy) is 1. The first-order valence-corrected chi connectivity index (χ1v) is 8.57. The molecule has 0 bridgehead atoms. The molecule has 0 aliphatic carbocycles. The van der Waals surface area contributed by atoms with E-state index in [9.17, 15) is 32.9 Å². The van der Waals surface area contributed by atoms with Crippen molar-refractivity contribution in [2.75, 3.05) is 7.11 Å². The highest BCUT2D eigenvalue weighted by molar-refractivity contribution is 5.87. The monoisotopic (exact) mass is 425 g/mol. The lowest BCUT2D eigenvalue weighted by Crippen LogP contribution is -2.46. The van der Waals surface area contributed by atoms with Gasteiger partial charge in [0.05, 0.1) is 24.0 Å². The summed E-state index contributed by atoms with van der Waals surface area (Å²) in [6, 6.07) is 6.73. The molecule has 0 aromatic heterocycles. The van der Waals surface area contributed by atoms with E-state index in [-0.39, 0.29) is 29.0 Å². The molecule has 11 heteroatoms. The summed E-state index contributed by atoms with van der Waals surface area (Å²) in [5, 5.41) is 13.3. The molecule has 2 aromatic rings. The van der Waals surface area contributed by atoms with Gasteiger partial charge in [-0.3, -0.25) is 19.7 Å². The van der Waals surface area contributed by atoms with E-state index < -0.39 is 40.9 Å². The maximum Gasteiger partial charge on any atom is 0.416 e. The van der Waals surface area contributed by atoms with Gasteiger partial charge >= 0.3 is 6.18 Å². The predicted molar refractivity (Wildman–Crippen MR) is 99.6 cm³/mol. The van der Waals surface area contributed by atoms with Crippen molar-refractivity contribution < 1.29 is 32.4 Å². The van der Waals surface area contributed by atoms with Crippen LogP contribution in [0.3, 0.4) is 0 Å². The highest BCUT2D eigenvalue weighted by Crippen LogP contribution is 2.29. The minimum absolute atomic E-state index is 0.0958. The molecule has 0 heterocycles. The van der Waals surface area contributed by atoms with Crippen LogP contribution in [0.4, 0.5) is 18.9 Å². The Balaban J connectivity index is 2.17. The van der Waals surface area contributed by atoms with Crippen LogP contribution in [-0.4, -0.2) is 29.9 Å². The van der Waals surface area contributed by atoms with Crippen LogP contribution in [0.25, 0.3) is 0 Å². The molecular formula is C19H18F3N3O5. The van der Waals surface area contributed by atoms with E-state index in [1.807, 2.05) is 0 Å². The molecule has 2 amide bonds. The van der Waals surface area contributed by atoms with Crippen LogP contribution in [-0.2, 0) is 28.6 Å².